The Morgan fingerprint density at radius 2 is 0.259 bits per heavy atom. The molecule has 0 unspecified atom stereocenters. The number of phenolic OH excluding ortho intramolecular Hbond substituents is 6. The lowest BCUT2D eigenvalue weighted by atomic mass is 10.0. The summed E-state index contributed by atoms with van der Waals surface area (Å²) >= 11 is 0. The van der Waals surface area contributed by atoms with Crippen molar-refractivity contribution in [2.24, 2.45) is 0 Å². The van der Waals surface area contributed by atoms with Gasteiger partial charge in [-0.05, 0) is 72.8 Å². The third-order valence-electron chi connectivity index (χ3n) is 7.54. The zero-order chi connectivity index (χ0) is 39.2. The number of hydrogen-bond acceptors (Lipinski definition) is 6. The lowest BCUT2D eigenvalue weighted by molar-refractivity contribution is 0.475. The minimum atomic E-state index is 0.322. The monoisotopic (exact) mass is 732 g/mol. The molecule has 7 rings (SSSR count). The van der Waals surface area contributed by atoms with Crippen molar-refractivity contribution in [3.05, 3.63) is 182 Å². The second-order valence-corrected chi connectivity index (χ2v) is 12.3. The Bertz CT molecular complexity index is 1250. The van der Waals surface area contributed by atoms with Gasteiger partial charge in [0.2, 0.25) is 0 Å². The largest absolute Gasteiger partial charge is 0.508 e. The normalized spacial score (nSPS) is 12.0. The molecule has 6 N–H and O–H groups in total. The van der Waals surface area contributed by atoms with Crippen LogP contribution >= 0.6 is 0 Å². The summed E-state index contributed by atoms with van der Waals surface area (Å²) in [5.74, 6) is 1.93. The Morgan fingerprint density at radius 3 is 0.315 bits per heavy atom. The highest BCUT2D eigenvalue weighted by atomic mass is 16.3. The number of aromatic hydroxyl groups is 6. The summed E-state index contributed by atoms with van der Waals surface area (Å²) < 4.78 is 0. The van der Waals surface area contributed by atoms with Gasteiger partial charge in [-0.3, -0.25) is 0 Å². The maximum atomic E-state index is 8.63. The summed E-state index contributed by atoms with van der Waals surface area (Å²) in [6.45, 7) is 0. The van der Waals surface area contributed by atoms with E-state index in [-0.39, 0.29) is 0 Å². The van der Waals surface area contributed by atoms with Crippen LogP contribution in [0, 0.1) is 0 Å². The third kappa shape index (κ3) is 32.1. The van der Waals surface area contributed by atoms with E-state index in [1.165, 1.54) is 77.0 Å². The SMILES string of the molecule is C1CCCCCCCCCCC1.Oc1ccccc1.Oc1ccccc1.Oc1ccccc1.Oc1ccccc1.Oc1ccccc1.Oc1ccccc1. The Labute approximate surface area is 323 Å². The Balaban J connectivity index is 0.000000318. The molecular weight excluding hydrogens is 673 g/mol. The van der Waals surface area contributed by atoms with Crippen molar-refractivity contribution in [1.82, 2.24) is 0 Å². The molecule has 6 nitrogen and oxygen atoms in total. The fraction of sp³-hybridized carbons (Fsp3) is 0.250. The molecule has 0 aromatic heterocycles. The first-order valence-corrected chi connectivity index (χ1v) is 18.8. The summed E-state index contributed by atoms with van der Waals surface area (Å²) in [6.07, 6.45) is 18.0. The van der Waals surface area contributed by atoms with Gasteiger partial charge in [-0.25, -0.2) is 0 Å². The van der Waals surface area contributed by atoms with Crippen LogP contribution in [0.1, 0.15) is 77.0 Å². The molecule has 0 aliphatic heterocycles. The van der Waals surface area contributed by atoms with Gasteiger partial charge in [0.25, 0.3) is 0 Å². The molecule has 0 saturated heterocycles. The molecule has 0 heterocycles. The highest BCUT2D eigenvalue weighted by Crippen LogP contribution is 2.16. The zero-order valence-electron chi connectivity index (χ0n) is 31.5. The molecule has 0 amide bonds. The van der Waals surface area contributed by atoms with Gasteiger partial charge < -0.3 is 30.6 Å². The van der Waals surface area contributed by atoms with Gasteiger partial charge in [-0.1, -0.05) is 186 Å². The van der Waals surface area contributed by atoms with Crippen LogP contribution in [0.15, 0.2) is 182 Å². The molecule has 1 fully saturated rings. The maximum absolute atomic E-state index is 8.63. The molecule has 6 heteroatoms. The highest BCUT2D eigenvalue weighted by Gasteiger charge is 1.96. The van der Waals surface area contributed by atoms with Crippen LogP contribution in [-0.4, -0.2) is 30.6 Å². The van der Waals surface area contributed by atoms with E-state index in [0.29, 0.717) is 34.5 Å². The van der Waals surface area contributed by atoms with E-state index in [9.17, 15) is 0 Å². The van der Waals surface area contributed by atoms with Gasteiger partial charge in [0.15, 0.2) is 0 Å². The van der Waals surface area contributed by atoms with Crippen LogP contribution in [0.25, 0.3) is 0 Å². The van der Waals surface area contributed by atoms with Crippen LogP contribution in [0.2, 0.25) is 0 Å². The summed E-state index contributed by atoms with van der Waals surface area (Å²) in [4.78, 5) is 0. The molecule has 0 bridgehead atoms. The molecule has 6 aromatic rings. The molecular formula is C48H60O6. The lowest BCUT2D eigenvalue weighted by Crippen LogP contribution is -1.85. The predicted octanol–water partition coefficient (Wildman–Crippen LogP) is 13.0. The molecule has 0 radical (unpaired) electrons. The van der Waals surface area contributed by atoms with Crippen molar-refractivity contribution in [3.63, 3.8) is 0 Å². The number of para-hydroxylation sites is 6. The van der Waals surface area contributed by atoms with Gasteiger partial charge in [-0.15, -0.1) is 0 Å². The van der Waals surface area contributed by atoms with Gasteiger partial charge in [0, 0.05) is 0 Å². The van der Waals surface area contributed by atoms with E-state index in [0.717, 1.165) is 0 Å². The van der Waals surface area contributed by atoms with E-state index in [4.69, 9.17) is 30.6 Å². The molecule has 6 aromatic carbocycles. The summed E-state index contributed by atoms with van der Waals surface area (Å²) in [5, 5.41) is 51.8. The summed E-state index contributed by atoms with van der Waals surface area (Å²) in [5.41, 5.74) is 0. The smallest absolute Gasteiger partial charge is 0.115 e. The molecule has 0 spiro atoms. The van der Waals surface area contributed by atoms with Crippen LogP contribution in [0.3, 0.4) is 0 Å². The number of rotatable bonds is 0. The van der Waals surface area contributed by atoms with Crippen molar-refractivity contribution in [1.29, 1.82) is 0 Å². The maximum Gasteiger partial charge on any atom is 0.115 e. The lowest BCUT2D eigenvalue weighted by Gasteiger charge is -2.05. The zero-order valence-corrected chi connectivity index (χ0v) is 31.5. The quantitative estimate of drug-likeness (QED) is 0.0924. The second-order valence-electron chi connectivity index (χ2n) is 12.3. The molecule has 1 saturated carbocycles. The van der Waals surface area contributed by atoms with Crippen LogP contribution in [0.5, 0.6) is 34.5 Å². The fourth-order valence-electron chi connectivity index (χ4n) is 4.69. The summed E-state index contributed by atoms with van der Waals surface area (Å²) in [6, 6.07) is 52.3. The van der Waals surface area contributed by atoms with Crippen LogP contribution < -0.4 is 0 Å². The second kappa shape index (κ2) is 34.2. The van der Waals surface area contributed by atoms with Gasteiger partial charge in [0.05, 0.1) is 0 Å². The average Bonchev–Trinajstić information content (AvgIpc) is 3.19. The number of hydrogen-bond donors (Lipinski definition) is 6. The van der Waals surface area contributed by atoms with Crippen LogP contribution in [0.4, 0.5) is 0 Å². The minimum absolute atomic E-state index is 0.322. The van der Waals surface area contributed by atoms with E-state index in [1.807, 2.05) is 36.4 Å². The van der Waals surface area contributed by atoms with E-state index < -0.39 is 0 Å². The van der Waals surface area contributed by atoms with Crippen molar-refractivity contribution in [2.75, 3.05) is 0 Å². The first kappa shape index (κ1) is 46.1. The molecule has 1 aliphatic rings. The van der Waals surface area contributed by atoms with Crippen molar-refractivity contribution >= 4 is 0 Å². The van der Waals surface area contributed by atoms with E-state index in [2.05, 4.69) is 0 Å². The van der Waals surface area contributed by atoms with E-state index >= 15 is 0 Å². The standard InChI is InChI=1S/C12H24.6C6H6O/c1-2-4-6-8-10-12-11-9-7-5-3-1;6*7-6-4-2-1-3-5-6/h1-12H2;6*1-5,7H. The average molecular weight is 733 g/mol. The highest BCUT2D eigenvalue weighted by molar-refractivity contribution is 5.21. The predicted molar refractivity (Wildman–Crippen MR) is 224 cm³/mol. The topological polar surface area (TPSA) is 121 Å². The fourth-order valence-corrected chi connectivity index (χ4v) is 4.69. The molecule has 288 valence electrons. The first-order valence-electron chi connectivity index (χ1n) is 18.8. The number of benzene rings is 6. The minimum Gasteiger partial charge on any atom is -0.508 e. The Kier molecular flexibility index (Phi) is 29.2. The van der Waals surface area contributed by atoms with Gasteiger partial charge in [0.1, 0.15) is 34.5 Å². The van der Waals surface area contributed by atoms with E-state index in [1.54, 1.807) is 146 Å². The van der Waals surface area contributed by atoms with Crippen molar-refractivity contribution in [2.45, 2.75) is 77.0 Å². The van der Waals surface area contributed by atoms with Crippen molar-refractivity contribution in [3.8, 4) is 34.5 Å². The van der Waals surface area contributed by atoms with Gasteiger partial charge in [-0.2, -0.15) is 0 Å². The third-order valence-corrected chi connectivity index (χ3v) is 7.54. The van der Waals surface area contributed by atoms with Crippen LogP contribution in [-0.2, 0) is 0 Å². The first-order chi connectivity index (χ1) is 26.4. The Morgan fingerprint density at radius 1 is 0.167 bits per heavy atom. The molecule has 0 atom stereocenters. The molecule has 54 heavy (non-hydrogen) atoms. The number of phenols is 6. The molecule has 1 aliphatic carbocycles. The van der Waals surface area contributed by atoms with Crippen molar-refractivity contribution < 1.29 is 30.6 Å². The van der Waals surface area contributed by atoms with Gasteiger partial charge >= 0.3 is 0 Å². The Hall–Kier alpha value is -5.88. The summed E-state index contributed by atoms with van der Waals surface area (Å²) in [7, 11) is 0.